The van der Waals surface area contributed by atoms with Crippen molar-refractivity contribution in [2.75, 3.05) is 0 Å². The fraction of sp³-hybridized carbons (Fsp3) is 0.0625. The van der Waals surface area contributed by atoms with Crippen LogP contribution in [-0.2, 0) is 0 Å². The molecule has 0 aliphatic rings. The Kier molecular flexibility index (Phi) is 3.24. The van der Waals surface area contributed by atoms with Gasteiger partial charge in [-0.15, -0.1) is 12.6 Å². The van der Waals surface area contributed by atoms with Crippen molar-refractivity contribution in [3.8, 4) is 28.3 Å². The van der Waals surface area contributed by atoms with Crippen molar-refractivity contribution in [1.29, 1.82) is 0 Å². The lowest BCUT2D eigenvalue weighted by atomic mass is 10.1. The van der Waals surface area contributed by atoms with Gasteiger partial charge in [-0.25, -0.2) is 0 Å². The van der Waals surface area contributed by atoms with E-state index in [9.17, 15) is 5.11 Å². The molecule has 2 aromatic carbocycles. The van der Waals surface area contributed by atoms with Gasteiger partial charge >= 0.3 is 0 Å². The Bertz CT molecular complexity index is 747. The molecule has 20 heavy (non-hydrogen) atoms. The molecule has 3 nitrogen and oxygen atoms in total. The van der Waals surface area contributed by atoms with Crippen LogP contribution in [0.25, 0.3) is 22.5 Å². The van der Waals surface area contributed by atoms with Crippen LogP contribution in [0.1, 0.15) is 5.56 Å². The summed E-state index contributed by atoms with van der Waals surface area (Å²) in [4.78, 5) is 0.917. The lowest BCUT2D eigenvalue weighted by Crippen LogP contribution is -1.81. The highest BCUT2D eigenvalue weighted by Gasteiger charge is 2.09. The molecule has 1 heterocycles. The second-order valence-corrected chi connectivity index (χ2v) is 5.25. The number of thiol groups is 1. The third-order valence-electron chi connectivity index (χ3n) is 3.18. The van der Waals surface area contributed by atoms with E-state index in [2.05, 4.69) is 22.8 Å². The van der Waals surface area contributed by atoms with Crippen LogP contribution in [0.4, 0.5) is 0 Å². The van der Waals surface area contributed by atoms with Crippen LogP contribution < -0.4 is 0 Å². The Labute approximate surface area is 122 Å². The van der Waals surface area contributed by atoms with Gasteiger partial charge in [0.2, 0.25) is 0 Å². The van der Waals surface area contributed by atoms with Crippen molar-refractivity contribution in [2.24, 2.45) is 0 Å². The third-order valence-corrected chi connectivity index (χ3v) is 3.48. The van der Waals surface area contributed by atoms with E-state index in [4.69, 9.17) is 0 Å². The van der Waals surface area contributed by atoms with Crippen molar-refractivity contribution in [3.63, 3.8) is 0 Å². The summed E-state index contributed by atoms with van der Waals surface area (Å²) < 4.78 is 0. The quantitative estimate of drug-likeness (QED) is 0.621. The van der Waals surface area contributed by atoms with Crippen molar-refractivity contribution < 1.29 is 5.11 Å². The maximum Gasteiger partial charge on any atom is 0.124 e. The highest BCUT2D eigenvalue weighted by Crippen LogP contribution is 2.31. The molecule has 4 heteroatoms. The predicted octanol–water partition coefficient (Wildman–Crippen LogP) is 4.05. The average Bonchev–Trinajstić information content (AvgIpc) is 2.92. The van der Waals surface area contributed by atoms with Gasteiger partial charge in [-0.05, 0) is 37.3 Å². The molecule has 3 aromatic rings. The maximum atomic E-state index is 9.95. The van der Waals surface area contributed by atoms with Crippen molar-refractivity contribution >= 4 is 12.6 Å². The van der Waals surface area contributed by atoms with Crippen LogP contribution in [0.2, 0.25) is 0 Å². The molecule has 0 amide bonds. The maximum absolute atomic E-state index is 9.95. The molecule has 0 bridgehead atoms. The van der Waals surface area contributed by atoms with Crippen LogP contribution in [0.3, 0.4) is 0 Å². The minimum atomic E-state index is 0.247. The van der Waals surface area contributed by atoms with Gasteiger partial charge in [0.15, 0.2) is 0 Å². The molecule has 0 fully saturated rings. The summed E-state index contributed by atoms with van der Waals surface area (Å²) in [5.74, 6) is 0.247. The van der Waals surface area contributed by atoms with E-state index in [1.54, 1.807) is 6.07 Å². The molecule has 0 radical (unpaired) electrons. The second kappa shape index (κ2) is 5.06. The third kappa shape index (κ3) is 2.42. The van der Waals surface area contributed by atoms with E-state index in [1.165, 1.54) is 0 Å². The zero-order valence-electron chi connectivity index (χ0n) is 11.0. The summed E-state index contributed by atoms with van der Waals surface area (Å²) in [5.41, 5.74) is 4.51. The minimum Gasteiger partial charge on any atom is -0.507 e. The molecule has 0 aliphatic carbocycles. The van der Waals surface area contributed by atoms with E-state index in [0.29, 0.717) is 0 Å². The SMILES string of the molecule is Cc1ccc(O)c(-c2cc(-c3ccc(S)cc3)n[nH]2)c1. The van der Waals surface area contributed by atoms with Crippen molar-refractivity contribution in [2.45, 2.75) is 11.8 Å². The fourth-order valence-electron chi connectivity index (χ4n) is 2.11. The number of aryl methyl sites for hydroxylation is 1. The van der Waals surface area contributed by atoms with Gasteiger partial charge in [0.05, 0.1) is 11.4 Å². The Morgan fingerprint density at radius 1 is 1.05 bits per heavy atom. The molecule has 0 atom stereocenters. The summed E-state index contributed by atoms with van der Waals surface area (Å²) in [6, 6.07) is 15.2. The van der Waals surface area contributed by atoms with Crippen LogP contribution in [-0.4, -0.2) is 15.3 Å². The normalized spacial score (nSPS) is 10.7. The molecular formula is C16H14N2OS. The standard InChI is InChI=1S/C16H14N2OS/c1-10-2-7-16(19)13(8-10)15-9-14(17-18-15)11-3-5-12(20)6-4-11/h2-9,19-20H,1H3,(H,17,18). The highest BCUT2D eigenvalue weighted by atomic mass is 32.1. The number of rotatable bonds is 2. The van der Waals surface area contributed by atoms with Gasteiger partial charge in [-0.1, -0.05) is 23.8 Å². The molecule has 0 unspecified atom stereocenters. The molecular weight excluding hydrogens is 268 g/mol. The van der Waals surface area contributed by atoms with Crippen LogP contribution >= 0.6 is 12.6 Å². The first kappa shape index (κ1) is 12.8. The molecule has 0 spiro atoms. The summed E-state index contributed by atoms with van der Waals surface area (Å²) in [5, 5.41) is 17.2. The second-order valence-electron chi connectivity index (χ2n) is 4.73. The minimum absolute atomic E-state index is 0.247. The first-order valence-corrected chi connectivity index (χ1v) is 6.73. The largest absolute Gasteiger partial charge is 0.507 e. The van der Waals surface area contributed by atoms with Crippen LogP contribution in [0.15, 0.2) is 53.4 Å². The highest BCUT2D eigenvalue weighted by molar-refractivity contribution is 7.80. The van der Waals surface area contributed by atoms with Gasteiger partial charge < -0.3 is 5.11 Å². The Morgan fingerprint density at radius 3 is 2.55 bits per heavy atom. The number of hydrogen-bond donors (Lipinski definition) is 3. The van der Waals surface area contributed by atoms with Crippen molar-refractivity contribution in [3.05, 3.63) is 54.1 Å². The van der Waals surface area contributed by atoms with Gasteiger partial charge in [0.25, 0.3) is 0 Å². The number of hydrogen-bond acceptors (Lipinski definition) is 3. The number of aromatic nitrogens is 2. The predicted molar refractivity (Wildman–Crippen MR) is 83.1 cm³/mol. The average molecular weight is 282 g/mol. The summed E-state index contributed by atoms with van der Waals surface area (Å²) in [6.45, 7) is 1.99. The first-order chi connectivity index (χ1) is 9.63. The molecule has 0 saturated heterocycles. The Morgan fingerprint density at radius 2 is 1.80 bits per heavy atom. The van der Waals surface area contributed by atoms with E-state index >= 15 is 0 Å². The molecule has 100 valence electrons. The topological polar surface area (TPSA) is 48.9 Å². The number of benzene rings is 2. The zero-order chi connectivity index (χ0) is 14.1. The van der Waals surface area contributed by atoms with E-state index in [0.717, 1.165) is 33.0 Å². The van der Waals surface area contributed by atoms with Gasteiger partial charge in [0.1, 0.15) is 5.75 Å². The van der Waals surface area contributed by atoms with Crippen molar-refractivity contribution in [1.82, 2.24) is 10.2 Å². The molecule has 2 N–H and O–H groups in total. The number of H-pyrrole nitrogens is 1. The van der Waals surface area contributed by atoms with E-state index in [1.807, 2.05) is 49.4 Å². The number of aromatic amines is 1. The first-order valence-electron chi connectivity index (χ1n) is 6.28. The molecule has 3 rings (SSSR count). The Balaban J connectivity index is 2.01. The lowest BCUT2D eigenvalue weighted by molar-refractivity contribution is 0.477. The molecule has 1 aromatic heterocycles. The Hall–Kier alpha value is -2.20. The number of phenolic OH excluding ortho intramolecular Hbond substituents is 1. The number of phenols is 1. The molecule has 0 saturated carbocycles. The fourth-order valence-corrected chi connectivity index (χ4v) is 2.25. The van der Waals surface area contributed by atoms with E-state index in [-0.39, 0.29) is 5.75 Å². The van der Waals surface area contributed by atoms with Gasteiger partial charge in [-0.3, -0.25) is 5.10 Å². The monoisotopic (exact) mass is 282 g/mol. The van der Waals surface area contributed by atoms with Crippen LogP contribution in [0.5, 0.6) is 5.75 Å². The van der Waals surface area contributed by atoms with Crippen LogP contribution in [0, 0.1) is 6.92 Å². The lowest BCUT2D eigenvalue weighted by Gasteiger charge is -2.02. The smallest absolute Gasteiger partial charge is 0.124 e. The summed E-state index contributed by atoms with van der Waals surface area (Å²) in [6.07, 6.45) is 0. The van der Waals surface area contributed by atoms with Gasteiger partial charge in [-0.2, -0.15) is 5.10 Å². The molecule has 0 aliphatic heterocycles. The number of nitrogens with one attached hydrogen (secondary N) is 1. The zero-order valence-corrected chi connectivity index (χ0v) is 11.9. The summed E-state index contributed by atoms with van der Waals surface area (Å²) in [7, 11) is 0. The number of aromatic hydroxyl groups is 1. The van der Waals surface area contributed by atoms with Gasteiger partial charge in [0, 0.05) is 16.0 Å². The summed E-state index contributed by atoms with van der Waals surface area (Å²) >= 11 is 4.27. The van der Waals surface area contributed by atoms with E-state index < -0.39 is 0 Å². The number of nitrogens with zero attached hydrogens (tertiary/aromatic N) is 1.